The van der Waals surface area contributed by atoms with Crippen LogP contribution in [0.4, 0.5) is 4.39 Å². The van der Waals surface area contributed by atoms with Crippen molar-refractivity contribution in [2.24, 2.45) is 5.73 Å². The van der Waals surface area contributed by atoms with Gasteiger partial charge in [-0.15, -0.1) is 0 Å². The first-order valence-electron chi connectivity index (χ1n) is 6.10. The normalized spacial score (nSPS) is 10.2. The second kappa shape index (κ2) is 6.23. The molecule has 0 aliphatic carbocycles. The Hall–Kier alpha value is -2.60. The van der Waals surface area contributed by atoms with Crippen molar-refractivity contribution < 1.29 is 23.8 Å². The van der Waals surface area contributed by atoms with Gasteiger partial charge in [-0.2, -0.15) is 0 Å². The van der Waals surface area contributed by atoms with Gasteiger partial charge in [-0.05, 0) is 35.9 Å². The summed E-state index contributed by atoms with van der Waals surface area (Å²) in [6.07, 6.45) is 0. The average Bonchev–Trinajstić information content (AvgIpc) is 2.49. The molecular weight excluding hydrogens is 277 g/mol. The third-order valence-corrected chi connectivity index (χ3v) is 2.84. The van der Waals surface area contributed by atoms with E-state index in [0.29, 0.717) is 17.1 Å². The fraction of sp³-hybridized carbons (Fsp3) is 0.133. The van der Waals surface area contributed by atoms with Gasteiger partial charge >= 0.3 is 0 Å². The summed E-state index contributed by atoms with van der Waals surface area (Å²) in [4.78, 5) is 11.3. The van der Waals surface area contributed by atoms with E-state index in [9.17, 15) is 9.18 Å². The van der Waals surface area contributed by atoms with Gasteiger partial charge in [0.1, 0.15) is 11.6 Å². The predicted octanol–water partition coefficient (Wildman–Crippen LogP) is 2.22. The Morgan fingerprint density at radius 2 is 1.90 bits per heavy atom. The Morgan fingerprint density at radius 1 is 1.19 bits per heavy atom. The third-order valence-electron chi connectivity index (χ3n) is 2.84. The lowest BCUT2D eigenvalue weighted by Crippen LogP contribution is -2.12. The summed E-state index contributed by atoms with van der Waals surface area (Å²) in [6, 6.07) is 8.31. The van der Waals surface area contributed by atoms with Crippen LogP contribution in [0.15, 0.2) is 36.4 Å². The summed E-state index contributed by atoms with van der Waals surface area (Å²) >= 11 is 0. The Labute approximate surface area is 120 Å². The van der Waals surface area contributed by atoms with E-state index in [1.165, 1.54) is 13.2 Å². The van der Waals surface area contributed by atoms with Crippen LogP contribution >= 0.6 is 0 Å². The highest BCUT2D eigenvalue weighted by Gasteiger charge is 2.14. The van der Waals surface area contributed by atoms with Crippen LogP contribution in [-0.4, -0.2) is 18.1 Å². The molecule has 2 aromatic carbocycles. The van der Waals surface area contributed by atoms with Crippen LogP contribution in [-0.2, 0) is 6.61 Å². The molecule has 0 aromatic heterocycles. The van der Waals surface area contributed by atoms with Crippen LogP contribution in [0.25, 0.3) is 0 Å². The molecule has 0 bridgehead atoms. The lowest BCUT2D eigenvalue weighted by molar-refractivity contribution is 0.0997. The Kier molecular flexibility index (Phi) is 4.39. The zero-order chi connectivity index (χ0) is 15.4. The number of carbonyl (C=O) groups is 1. The Morgan fingerprint density at radius 3 is 2.52 bits per heavy atom. The molecule has 0 unspecified atom stereocenters. The van der Waals surface area contributed by atoms with E-state index >= 15 is 0 Å². The summed E-state index contributed by atoms with van der Waals surface area (Å²) in [5.74, 6) is -0.557. The van der Waals surface area contributed by atoms with E-state index in [1.807, 2.05) is 0 Å². The smallest absolute Gasteiger partial charge is 0.252 e. The first-order valence-corrected chi connectivity index (χ1v) is 6.10. The maximum atomic E-state index is 13.2. The van der Waals surface area contributed by atoms with Crippen molar-refractivity contribution in [3.05, 3.63) is 53.3 Å². The number of aliphatic hydroxyl groups is 1. The van der Waals surface area contributed by atoms with E-state index in [0.717, 1.165) is 12.1 Å². The summed E-state index contributed by atoms with van der Waals surface area (Å²) < 4.78 is 23.9. The second-order valence-electron chi connectivity index (χ2n) is 4.25. The van der Waals surface area contributed by atoms with Crippen molar-refractivity contribution in [3.63, 3.8) is 0 Å². The molecule has 0 heterocycles. The van der Waals surface area contributed by atoms with Gasteiger partial charge in [0.05, 0.1) is 19.3 Å². The Balaban J connectivity index is 2.40. The van der Waals surface area contributed by atoms with Crippen molar-refractivity contribution in [1.82, 2.24) is 0 Å². The molecule has 0 aliphatic heterocycles. The molecule has 2 aromatic rings. The first kappa shape index (κ1) is 14.8. The molecule has 6 heteroatoms. The number of primary amides is 1. The van der Waals surface area contributed by atoms with E-state index in [4.69, 9.17) is 20.3 Å². The maximum Gasteiger partial charge on any atom is 0.252 e. The number of amides is 1. The number of hydrogen-bond acceptors (Lipinski definition) is 4. The number of nitrogens with two attached hydrogens (primary N) is 1. The van der Waals surface area contributed by atoms with Crippen molar-refractivity contribution >= 4 is 5.91 Å². The van der Waals surface area contributed by atoms with Crippen molar-refractivity contribution in [1.29, 1.82) is 0 Å². The maximum absolute atomic E-state index is 13.2. The minimum atomic E-state index is -0.796. The zero-order valence-electron chi connectivity index (χ0n) is 11.3. The minimum absolute atomic E-state index is 0.0664. The van der Waals surface area contributed by atoms with Gasteiger partial charge in [0.2, 0.25) is 0 Å². The van der Waals surface area contributed by atoms with Gasteiger partial charge < -0.3 is 20.3 Å². The first-order chi connectivity index (χ1) is 10.0. The summed E-state index contributed by atoms with van der Waals surface area (Å²) in [5, 5.41) is 9.09. The van der Waals surface area contributed by atoms with Crippen LogP contribution in [0, 0.1) is 5.82 Å². The quantitative estimate of drug-likeness (QED) is 0.885. The number of hydrogen-bond donors (Lipinski definition) is 2. The lowest BCUT2D eigenvalue weighted by atomic mass is 10.1. The van der Waals surface area contributed by atoms with Gasteiger partial charge in [0.15, 0.2) is 11.5 Å². The van der Waals surface area contributed by atoms with Crippen LogP contribution in [0.1, 0.15) is 15.9 Å². The second-order valence-corrected chi connectivity index (χ2v) is 4.25. The predicted molar refractivity (Wildman–Crippen MR) is 73.9 cm³/mol. The topological polar surface area (TPSA) is 81.8 Å². The summed E-state index contributed by atoms with van der Waals surface area (Å²) in [7, 11) is 1.45. The van der Waals surface area contributed by atoms with Gasteiger partial charge in [0.25, 0.3) is 5.91 Å². The summed E-state index contributed by atoms with van der Waals surface area (Å²) in [6.45, 7) is -0.139. The molecule has 21 heavy (non-hydrogen) atoms. The average molecular weight is 291 g/mol. The molecular formula is C15H14FNO4. The number of rotatable bonds is 5. The van der Waals surface area contributed by atoms with E-state index in [-0.39, 0.29) is 17.9 Å². The number of aliphatic hydroxyl groups excluding tert-OH is 1. The molecule has 0 saturated carbocycles. The van der Waals surface area contributed by atoms with E-state index in [1.54, 1.807) is 18.2 Å². The van der Waals surface area contributed by atoms with Crippen LogP contribution in [0.2, 0.25) is 0 Å². The summed E-state index contributed by atoms with van der Waals surface area (Å²) in [5.41, 5.74) is 5.78. The van der Waals surface area contributed by atoms with Crippen molar-refractivity contribution in [2.75, 3.05) is 7.11 Å². The highest BCUT2D eigenvalue weighted by molar-refractivity contribution is 5.95. The SMILES string of the molecule is COc1cc(CO)ccc1Oc1ccc(F)cc1C(N)=O. The lowest BCUT2D eigenvalue weighted by Gasteiger charge is -2.13. The molecule has 3 N–H and O–H groups in total. The van der Waals surface area contributed by atoms with Gasteiger partial charge in [-0.3, -0.25) is 4.79 Å². The fourth-order valence-corrected chi connectivity index (χ4v) is 1.80. The van der Waals surface area contributed by atoms with Gasteiger partial charge in [0, 0.05) is 0 Å². The highest BCUT2D eigenvalue weighted by atomic mass is 19.1. The third kappa shape index (κ3) is 3.29. The van der Waals surface area contributed by atoms with Crippen LogP contribution < -0.4 is 15.2 Å². The molecule has 0 saturated heterocycles. The number of ether oxygens (including phenoxy) is 2. The van der Waals surface area contributed by atoms with E-state index < -0.39 is 11.7 Å². The van der Waals surface area contributed by atoms with Crippen molar-refractivity contribution in [3.8, 4) is 17.2 Å². The number of carbonyl (C=O) groups excluding carboxylic acids is 1. The van der Waals surface area contributed by atoms with Gasteiger partial charge in [-0.25, -0.2) is 4.39 Å². The number of benzene rings is 2. The largest absolute Gasteiger partial charge is 0.493 e. The molecule has 1 amide bonds. The Bertz CT molecular complexity index is 673. The van der Waals surface area contributed by atoms with Gasteiger partial charge in [-0.1, -0.05) is 6.07 Å². The number of methoxy groups -OCH3 is 1. The highest BCUT2D eigenvalue weighted by Crippen LogP contribution is 2.34. The number of halogens is 1. The fourth-order valence-electron chi connectivity index (χ4n) is 1.80. The van der Waals surface area contributed by atoms with E-state index in [2.05, 4.69) is 0 Å². The molecule has 0 atom stereocenters. The minimum Gasteiger partial charge on any atom is -0.493 e. The monoisotopic (exact) mass is 291 g/mol. The standard InChI is InChI=1S/C15H14FNO4/c1-20-14-6-9(8-18)2-4-13(14)21-12-5-3-10(16)7-11(12)15(17)19/h2-7,18H,8H2,1H3,(H2,17,19). The molecule has 5 nitrogen and oxygen atoms in total. The molecule has 0 aliphatic rings. The zero-order valence-corrected chi connectivity index (χ0v) is 11.3. The molecule has 110 valence electrons. The molecule has 0 spiro atoms. The molecule has 0 fully saturated rings. The van der Waals surface area contributed by atoms with Crippen LogP contribution in [0.5, 0.6) is 17.2 Å². The molecule has 2 rings (SSSR count). The van der Waals surface area contributed by atoms with Crippen molar-refractivity contribution in [2.45, 2.75) is 6.61 Å². The molecule has 0 radical (unpaired) electrons. The van der Waals surface area contributed by atoms with Crippen LogP contribution in [0.3, 0.4) is 0 Å².